The van der Waals surface area contributed by atoms with Gasteiger partial charge < -0.3 is 0 Å². The summed E-state index contributed by atoms with van der Waals surface area (Å²) in [6.45, 7) is 9.09. The van der Waals surface area contributed by atoms with Crippen LogP contribution < -0.4 is 0 Å². The first-order chi connectivity index (χ1) is 9.74. The Morgan fingerprint density at radius 1 is 0.650 bits per heavy atom. The number of unbranched alkanes of at least 4 members (excludes halogenated alkanes) is 3. The van der Waals surface area contributed by atoms with Crippen molar-refractivity contribution >= 4 is 18.4 Å². The Morgan fingerprint density at radius 2 is 1.10 bits per heavy atom. The molecule has 116 valence electrons. The Kier molecular flexibility index (Phi) is 14.0. The SMILES string of the molecule is C/C=C/C=C/C=[CH]/[Sn]([CH2]CCC)([CH2]CCC)[CH2]CCC. The molecule has 0 heterocycles. The van der Waals surface area contributed by atoms with Crippen LogP contribution in [0.2, 0.25) is 13.3 Å². The minimum absolute atomic E-state index is 1.36. The molecule has 0 saturated heterocycles. The first kappa shape index (κ1) is 20.0. The van der Waals surface area contributed by atoms with E-state index >= 15 is 0 Å². The number of hydrogen-bond acceptors (Lipinski definition) is 0. The zero-order chi connectivity index (χ0) is 15.1. The average molecular weight is 383 g/mol. The summed E-state index contributed by atoms with van der Waals surface area (Å²) in [7, 11) is 0. The molecule has 0 aliphatic heterocycles. The van der Waals surface area contributed by atoms with Gasteiger partial charge in [-0.25, -0.2) is 0 Å². The molecule has 0 aromatic heterocycles. The van der Waals surface area contributed by atoms with E-state index in [2.05, 4.69) is 62.2 Å². The van der Waals surface area contributed by atoms with Gasteiger partial charge in [-0.2, -0.15) is 0 Å². The van der Waals surface area contributed by atoms with E-state index < -0.39 is 18.4 Å². The van der Waals surface area contributed by atoms with Crippen LogP contribution in [0, 0.1) is 0 Å². The van der Waals surface area contributed by atoms with Gasteiger partial charge in [-0.1, -0.05) is 0 Å². The fourth-order valence-electron chi connectivity index (χ4n) is 2.71. The minimum atomic E-state index is -2.00. The fraction of sp³-hybridized carbons (Fsp3) is 0.684. The average Bonchev–Trinajstić information content (AvgIpc) is 2.48. The van der Waals surface area contributed by atoms with Gasteiger partial charge in [0, 0.05) is 0 Å². The number of hydrogen-bond donors (Lipinski definition) is 0. The summed E-state index contributed by atoms with van der Waals surface area (Å²) in [6.07, 6.45) is 19.4. The Morgan fingerprint density at radius 3 is 1.50 bits per heavy atom. The van der Waals surface area contributed by atoms with Crippen molar-refractivity contribution in [2.75, 3.05) is 0 Å². The van der Waals surface area contributed by atoms with Gasteiger partial charge in [-0.15, -0.1) is 0 Å². The van der Waals surface area contributed by atoms with Crippen LogP contribution >= 0.6 is 0 Å². The Bertz CT molecular complexity index is 264. The molecular formula is C19H36Sn. The van der Waals surface area contributed by atoms with E-state index in [1.165, 1.54) is 38.5 Å². The zero-order valence-corrected chi connectivity index (χ0v) is 17.2. The van der Waals surface area contributed by atoms with Crippen LogP contribution in [0.1, 0.15) is 66.2 Å². The summed E-state index contributed by atoms with van der Waals surface area (Å²) in [5.74, 6) is 0. The van der Waals surface area contributed by atoms with Gasteiger partial charge in [0.1, 0.15) is 0 Å². The van der Waals surface area contributed by atoms with Crippen molar-refractivity contribution in [3.05, 3.63) is 34.5 Å². The second-order valence-electron chi connectivity index (χ2n) is 5.94. The van der Waals surface area contributed by atoms with Crippen LogP contribution in [0.5, 0.6) is 0 Å². The molecule has 0 spiro atoms. The van der Waals surface area contributed by atoms with E-state index in [-0.39, 0.29) is 0 Å². The molecule has 0 bridgehead atoms. The van der Waals surface area contributed by atoms with Gasteiger partial charge in [-0.3, -0.25) is 0 Å². The van der Waals surface area contributed by atoms with Gasteiger partial charge in [-0.05, 0) is 0 Å². The molecule has 0 nitrogen and oxygen atoms in total. The molecule has 0 saturated carbocycles. The van der Waals surface area contributed by atoms with E-state index in [0.29, 0.717) is 0 Å². The third kappa shape index (κ3) is 9.85. The first-order valence-electron chi connectivity index (χ1n) is 8.71. The second-order valence-corrected chi connectivity index (χ2v) is 19.0. The summed E-state index contributed by atoms with van der Waals surface area (Å²) in [4.78, 5) is 0. The maximum absolute atomic E-state index is 2.72. The predicted octanol–water partition coefficient (Wildman–Crippen LogP) is 7.06. The summed E-state index contributed by atoms with van der Waals surface area (Å²) >= 11 is -2.00. The molecule has 1 heteroatoms. The van der Waals surface area contributed by atoms with Gasteiger partial charge in [0.25, 0.3) is 0 Å². The van der Waals surface area contributed by atoms with Crippen LogP contribution in [0.15, 0.2) is 34.5 Å². The van der Waals surface area contributed by atoms with Crippen LogP contribution in [0.3, 0.4) is 0 Å². The van der Waals surface area contributed by atoms with Gasteiger partial charge in [0.15, 0.2) is 0 Å². The van der Waals surface area contributed by atoms with Crippen molar-refractivity contribution in [2.24, 2.45) is 0 Å². The molecule has 0 unspecified atom stereocenters. The second kappa shape index (κ2) is 14.0. The molecule has 0 fully saturated rings. The monoisotopic (exact) mass is 384 g/mol. The van der Waals surface area contributed by atoms with E-state index in [1.54, 1.807) is 13.3 Å². The summed E-state index contributed by atoms with van der Waals surface area (Å²) in [5.41, 5.74) is 0. The summed E-state index contributed by atoms with van der Waals surface area (Å²) in [5, 5.41) is 0. The standard InChI is InChI=1S/C7H9.3C4H9.Sn/c1-3-5-7-6-4-2;3*1-3-4-2;/h1,3-7H,2H3;3*1,3-4H2,2H3;/b3-1?,6-4+,7-5+;;;;. The topological polar surface area (TPSA) is 0 Å². The molecule has 0 aromatic carbocycles. The van der Waals surface area contributed by atoms with Crippen LogP contribution in [0.25, 0.3) is 0 Å². The number of allylic oxidation sites excluding steroid dienone is 5. The third-order valence-corrected chi connectivity index (χ3v) is 18.2. The number of rotatable bonds is 12. The van der Waals surface area contributed by atoms with Crippen molar-refractivity contribution < 1.29 is 0 Å². The third-order valence-electron chi connectivity index (χ3n) is 4.06. The molecule has 0 aromatic rings. The van der Waals surface area contributed by atoms with E-state index in [9.17, 15) is 0 Å². The Hall–Kier alpha value is 0.0187. The molecule has 0 radical (unpaired) electrons. The molecule has 20 heavy (non-hydrogen) atoms. The normalized spacial score (nSPS) is 13.2. The molecule has 0 atom stereocenters. The van der Waals surface area contributed by atoms with Crippen molar-refractivity contribution in [3.8, 4) is 0 Å². The van der Waals surface area contributed by atoms with E-state index in [1.807, 2.05) is 0 Å². The molecule has 0 aliphatic carbocycles. The Labute approximate surface area is 132 Å². The van der Waals surface area contributed by atoms with E-state index in [0.717, 1.165) is 0 Å². The zero-order valence-electron chi connectivity index (χ0n) is 14.3. The van der Waals surface area contributed by atoms with Gasteiger partial charge in [0.05, 0.1) is 0 Å². The van der Waals surface area contributed by atoms with Crippen LogP contribution in [-0.2, 0) is 0 Å². The Balaban J connectivity index is 4.81. The van der Waals surface area contributed by atoms with Crippen LogP contribution in [-0.4, -0.2) is 18.4 Å². The van der Waals surface area contributed by atoms with Crippen LogP contribution in [0.4, 0.5) is 0 Å². The van der Waals surface area contributed by atoms with Crippen molar-refractivity contribution in [1.82, 2.24) is 0 Å². The van der Waals surface area contributed by atoms with Crippen molar-refractivity contribution in [3.63, 3.8) is 0 Å². The van der Waals surface area contributed by atoms with Gasteiger partial charge in [0.2, 0.25) is 0 Å². The van der Waals surface area contributed by atoms with E-state index in [4.69, 9.17) is 0 Å². The summed E-state index contributed by atoms with van der Waals surface area (Å²) < 4.78 is 7.42. The van der Waals surface area contributed by atoms with Crippen molar-refractivity contribution in [1.29, 1.82) is 0 Å². The molecule has 0 amide bonds. The molecular weight excluding hydrogens is 347 g/mol. The summed E-state index contributed by atoms with van der Waals surface area (Å²) in [6, 6.07) is 0. The van der Waals surface area contributed by atoms with Crippen molar-refractivity contribution in [2.45, 2.75) is 79.5 Å². The first-order valence-corrected chi connectivity index (χ1v) is 16.4. The predicted molar refractivity (Wildman–Crippen MR) is 98.0 cm³/mol. The maximum atomic E-state index is 2.72. The molecule has 0 N–H and O–H groups in total. The van der Waals surface area contributed by atoms with Gasteiger partial charge >= 0.3 is 132 Å². The molecule has 0 aliphatic rings. The quantitative estimate of drug-likeness (QED) is 0.250. The fourth-order valence-corrected chi connectivity index (χ4v) is 16.8. The molecule has 0 rings (SSSR count).